The monoisotopic (exact) mass is 301 g/mol. The van der Waals surface area contributed by atoms with Crippen molar-refractivity contribution in [3.63, 3.8) is 0 Å². The van der Waals surface area contributed by atoms with Gasteiger partial charge in [0, 0.05) is 25.7 Å². The van der Waals surface area contributed by atoms with Crippen molar-refractivity contribution in [2.45, 2.75) is 20.0 Å². The highest BCUT2D eigenvalue weighted by Gasteiger charge is 2.34. The molecule has 0 aliphatic rings. The summed E-state index contributed by atoms with van der Waals surface area (Å²) < 4.78 is 45.2. The third-order valence-corrected chi connectivity index (χ3v) is 2.50. The maximum absolute atomic E-state index is 12.8. The van der Waals surface area contributed by atoms with E-state index in [1.54, 1.807) is 27.0 Å². The van der Waals surface area contributed by atoms with Crippen LogP contribution in [0.2, 0.25) is 0 Å². The summed E-state index contributed by atoms with van der Waals surface area (Å²) in [6.07, 6.45) is -4.58. The number of aryl methyl sites for hydroxylation is 2. The van der Waals surface area contributed by atoms with E-state index >= 15 is 0 Å². The van der Waals surface area contributed by atoms with E-state index in [0.29, 0.717) is 18.1 Å². The van der Waals surface area contributed by atoms with Gasteiger partial charge in [0.1, 0.15) is 0 Å². The van der Waals surface area contributed by atoms with Gasteiger partial charge in [0.2, 0.25) is 17.7 Å². The molecule has 0 unspecified atom stereocenters. The SMILES string of the molecule is CCNc1nc(Oc2cc(C)nn2C)cc(C(F)(F)F)n1. The summed E-state index contributed by atoms with van der Waals surface area (Å²) in [5.41, 5.74) is -0.383. The molecule has 0 amide bonds. The second-order valence-corrected chi connectivity index (χ2v) is 4.29. The molecule has 2 aromatic rings. The molecule has 2 aromatic heterocycles. The highest BCUT2D eigenvalue weighted by atomic mass is 19.4. The molecule has 2 heterocycles. The van der Waals surface area contributed by atoms with Crippen molar-refractivity contribution in [1.82, 2.24) is 19.7 Å². The summed E-state index contributed by atoms with van der Waals surface area (Å²) in [5.74, 6) is -0.0423. The highest BCUT2D eigenvalue weighted by molar-refractivity contribution is 5.33. The van der Waals surface area contributed by atoms with Gasteiger partial charge < -0.3 is 10.1 Å². The normalized spacial score (nSPS) is 11.5. The molecule has 0 aliphatic carbocycles. The summed E-state index contributed by atoms with van der Waals surface area (Å²) in [6, 6.07) is 2.35. The highest BCUT2D eigenvalue weighted by Crippen LogP contribution is 2.31. The van der Waals surface area contributed by atoms with Crippen LogP contribution >= 0.6 is 0 Å². The number of rotatable bonds is 4. The van der Waals surface area contributed by atoms with Crippen LogP contribution in [0.4, 0.5) is 19.1 Å². The zero-order chi connectivity index (χ0) is 15.6. The number of aromatic nitrogens is 4. The first-order valence-electron chi connectivity index (χ1n) is 6.18. The summed E-state index contributed by atoms with van der Waals surface area (Å²) in [6.45, 7) is 3.87. The molecule has 0 bridgehead atoms. The van der Waals surface area contributed by atoms with Crippen LogP contribution in [0.3, 0.4) is 0 Å². The minimum atomic E-state index is -4.58. The molecule has 0 saturated heterocycles. The second kappa shape index (κ2) is 5.58. The van der Waals surface area contributed by atoms with E-state index < -0.39 is 11.9 Å². The molecule has 0 radical (unpaired) electrons. The van der Waals surface area contributed by atoms with Crippen LogP contribution in [-0.2, 0) is 13.2 Å². The Hall–Kier alpha value is -2.32. The average Bonchev–Trinajstić information content (AvgIpc) is 2.67. The minimum absolute atomic E-state index is 0.138. The quantitative estimate of drug-likeness (QED) is 0.940. The number of alkyl halides is 3. The first-order valence-corrected chi connectivity index (χ1v) is 6.18. The van der Waals surface area contributed by atoms with E-state index in [9.17, 15) is 13.2 Å². The maximum atomic E-state index is 12.8. The van der Waals surface area contributed by atoms with E-state index in [1.807, 2.05) is 0 Å². The van der Waals surface area contributed by atoms with E-state index in [4.69, 9.17) is 4.74 Å². The predicted octanol–water partition coefficient (Wildman–Crippen LogP) is 2.76. The molecular formula is C12H14F3N5O. The second-order valence-electron chi connectivity index (χ2n) is 4.29. The van der Waals surface area contributed by atoms with Gasteiger partial charge in [-0.25, -0.2) is 9.67 Å². The van der Waals surface area contributed by atoms with Crippen molar-refractivity contribution in [1.29, 1.82) is 0 Å². The Morgan fingerprint density at radius 3 is 2.52 bits per heavy atom. The first-order chi connectivity index (χ1) is 9.79. The van der Waals surface area contributed by atoms with Crippen LogP contribution in [0.1, 0.15) is 18.3 Å². The third-order valence-electron chi connectivity index (χ3n) is 2.50. The molecule has 21 heavy (non-hydrogen) atoms. The Bertz CT molecular complexity index is 638. The molecule has 9 heteroatoms. The van der Waals surface area contributed by atoms with E-state index in [0.717, 1.165) is 6.07 Å². The Morgan fingerprint density at radius 1 is 1.29 bits per heavy atom. The molecule has 6 nitrogen and oxygen atoms in total. The van der Waals surface area contributed by atoms with Crippen molar-refractivity contribution in [3.05, 3.63) is 23.5 Å². The fraction of sp³-hybridized carbons (Fsp3) is 0.417. The zero-order valence-electron chi connectivity index (χ0n) is 11.7. The van der Waals surface area contributed by atoms with E-state index in [-0.39, 0.29) is 11.8 Å². The van der Waals surface area contributed by atoms with Gasteiger partial charge >= 0.3 is 6.18 Å². The first kappa shape index (κ1) is 15.1. The van der Waals surface area contributed by atoms with Crippen molar-refractivity contribution < 1.29 is 17.9 Å². The van der Waals surface area contributed by atoms with E-state index in [1.165, 1.54) is 4.68 Å². The maximum Gasteiger partial charge on any atom is 0.433 e. The fourth-order valence-corrected chi connectivity index (χ4v) is 1.65. The Labute approximate surface area is 119 Å². The summed E-state index contributed by atoms with van der Waals surface area (Å²) >= 11 is 0. The third kappa shape index (κ3) is 3.61. The predicted molar refractivity (Wildman–Crippen MR) is 69.2 cm³/mol. The van der Waals surface area contributed by atoms with Crippen LogP contribution in [0, 0.1) is 6.92 Å². The standard InChI is InChI=1S/C12H14F3N5O/c1-4-16-11-17-8(12(13,14)15)6-9(18-11)21-10-5-7(2)19-20(10)3/h5-6H,4H2,1-3H3,(H,16,17,18). The van der Waals surface area contributed by atoms with Gasteiger partial charge in [-0.2, -0.15) is 23.3 Å². The molecule has 0 saturated carbocycles. The number of anilines is 1. The van der Waals surface area contributed by atoms with Crippen LogP contribution in [-0.4, -0.2) is 26.3 Å². The van der Waals surface area contributed by atoms with Gasteiger partial charge in [0.15, 0.2) is 5.69 Å². The molecule has 0 atom stereocenters. The van der Waals surface area contributed by atoms with Crippen molar-refractivity contribution in [3.8, 4) is 11.8 Å². The minimum Gasteiger partial charge on any atom is -0.421 e. The van der Waals surface area contributed by atoms with Crippen molar-refractivity contribution in [2.24, 2.45) is 7.05 Å². The number of hydrogen-bond acceptors (Lipinski definition) is 5. The number of nitrogens with one attached hydrogen (secondary N) is 1. The van der Waals surface area contributed by atoms with Gasteiger partial charge in [-0.1, -0.05) is 0 Å². The summed E-state index contributed by atoms with van der Waals surface area (Å²) in [5, 5.41) is 6.69. The number of halogens is 3. The van der Waals surface area contributed by atoms with Gasteiger partial charge in [-0.3, -0.25) is 0 Å². The molecule has 0 aliphatic heterocycles. The van der Waals surface area contributed by atoms with E-state index in [2.05, 4.69) is 20.4 Å². The van der Waals surface area contributed by atoms with Crippen molar-refractivity contribution in [2.75, 3.05) is 11.9 Å². The molecule has 2 rings (SSSR count). The van der Waals surface area contributed by atoms with Gasteiger partial charge in [0.25, 0.3) is 0 Å². The Kier molecular flexibility index (Phi) is 4.01. The molecule has 114 valence electrons. The van der Waals surface area contributed by atoms with Gasteiger partial charge in [-0.15, -0.1) is 0 Å². The molecule has 0 spiro atoms. The van der Waals surface area contributed by atoms with Crippen LogP contribution in [0.15, 0.2) is 12.1 Å². The largest absolute Gasteiger partial charge is 0.433 e. The fourth-order valence-electron chi connectivity index (χ4n) is 1.65. The lowest BCUT2D eigenvalue weighted by Crippen LogP contribution is -2.12. The Balaban J connectivity index is 2.38. The lowest BCUT2D eigenvalue weighted by molar-refractivity contribution is -0.141. The van der Waals surface area contributed by atoms with Gasteiger partial charge in [-0.05, 0) is 13.8 Å². The summed E-state index contributed by atoms with van der Waals surface area (Å²) in [4.78, 5) is 7.31. The lowest BCUT2D eigenvalue weighted by Gasteiger charge is -2.11. The van der Waals surface area contributed by atoms with Crippen LogP contribution in [0.5, 0.6) is 11.8 Å². The number of hydrogen-bond donors (Lipinski definition) is 1. The molecule has 0 aromatic carbocycles. The molecule has 0 fully saturated rings. The van der Waals surface area contributed by atoms with Crippen LogP contribution in [0.25, 0.3) is 0 Å². The molecule has 1 N–H and O–H groups in total. The van der Waals surface area contributed by atoms with Gasteiger partial charge in [0.05, 0.1) is 5.69 Å². The number of nitrogens with zero attached hydrogens (tertiary/aromatic N) is 4. The van der Waals surface area contributed by atoms with Crippen molar-refractivity contribution >= 4 is 5.95 Å². The smallest absolute Gasteiger partial charge is 0.421 e. The zero-order valence-corrected chi connectivity index (χ0v) is 11.7. The molecular weight excluding hydrogens is 287 g/mol. The summed E-state index contributed by atoms with van der Waals surface area (Å²) in [7, 11) is 1.62. The topological polar surface area (TPSA) is 64.9 Å². The lowest BCUT2D eigenvalue weighted by atomic mass is 10.4. The van der Waals surface area contributed by atoms with Crippen LogP contribution < -0.4 is 10.1 Å². The average molecular weight is 301 g/mol. The number of ether oxygens (including phenoxy) is 1. The Morgan fingerprint density at radius 2 is 2.00 bits per heavy atom.